The minimum absolute atomic E-state index is 0.707. The molecule has 0 aromatic carbocycles. The zero-order chi connectivity index (χ0) is 16.5. The zero-order valence-corrected chi connectivity index (χ0v) is 15.1. The largest absolute Gasteiger partial charge is 0.383 e. The Morgan fingerprint density at radius 2 is 1.96 bits per heavy atom. The highest BCUT2D eigenvalue weighted by Gasteiger charge is 2.21. The van der Waals surface area contributed by atoms with Gasteiger partial charge in [0.1, 0.15) is 0 Å². The first-order chi connectivity index (χ1) is 11.2. The van der Waals surface area contributed by atoms with Crippen molar-refractivity contribution in [3.8, 4) is 0 Å². The molecule has 1 aromatic rings. The van der Waals surface area contributed by atoms with E-state index in [-0.39, 0.29) is 0 Å². The van der Waals surface area contributed by atoms with Gasteiger partial charge in [-0.3, -0.25) is 9.88 Å². The first-order valence-electron chi connectivity index (χ1n) is 9.00. The van der Waals surface area contributed by atoms with E-state index in [1.165, 1.54) is 44.6 Å². The number of rotatable bonds is 9. The van der Waals surface area contributed by atoms with Crippen LogP contribution in [0.2, 0.25) is 0 Å². The topological polar surface area (TPSA) is 28.6 Å². The lowest BCUT2D eigenvalue weighted by Gasteiger charge is -2.35. The van der Waals surface area contributed by atoms with E-state index in [9.17, 15) is 0 Å². The Balaban J connectivity index is 1.81. The number of hydrogen-bond donors (Lipinski definition) is 0. The van der Waals surface area contributed by atoms with Gasteiger partial charge in [-0.05, 0) is 55.5 Å². The van der Waals surface area contributed by atoms with Gasteiger partial charge in [-0.15, -0.1) is 0 Å². The second kappa shape index (κ2) is 10.0. The molecule has 0 amide bonds. The third kappa shape index (κ3) is 6.98. The fourth-order valence-corrected chi connectivity index (χ4v) is 3.44. The highest BCUT2D eigenvalue weighted by atomic mass is 16.5. The molecule has 0 atom stereocenters. The molecule has 4 heteroatoms. The van der Waals surface area contributed by atoms with Crippen molar-refractivity contribution in [2.75, 3.05) is 46.4 Å². The molecule has 0 unspecified atom stereocenters. The molecule has 4 nitrogen and oxygen atoms in total. The summed E-state index contributed by atoms with van der Waals surface area (Å²) in [5, 5.41) is 0. The van der Waals surface area contributed by atoms with Crippen LogP contribution in [0.3, 0.4) is 0 Å². The lowest BCUT2D eigenvalue weighted by Crippen LogP contribution is -2.40. The molecule has 2 rings (SSSR count). The van der Waals surface area contributed by atoms with Crippen LogP contribution in [-0.2, 0) is 11.3 Å². The van der Waals surface area contributed by atoms with E-state index in [0.29, 0.717) is 5.92 Å². The lowest BCUT2D eigenvalue weighted by atomic mass is 9.95. The highest BCUT2D eigenvalue weighted by Crippen LogP contribution is 2.20. The van der Waals surface area contributed by atoms with E-state index in [1.54, 1.807) is 7.11 Å². The van der Waals surface area contributed by atoms with Gasteiger partial charge in [0.2, 0.25) is 0 Å². The van der Waals surface area contributed by atoms with Crippen LogP contribution in [-0.4, -0.2) is 61.2 Å². The minimum atomic E-state index is 0.707. The predicted octanol–water partition coefficient (Wildman–Crippen LogP) is 2.90. The normalized spacial score (nSPS) is 17.3. The molecular formula is C19H33N3O. The van der Waals surface area contributed by atoms with E-state index in [2.05, 4.69) is 40.8 Å². The summed E-state index contributed by atoms with van der Waals surface area (Å²) in [4.78, 5) is 9.30. The molecule has 0 N–H and O–H groups in total. The number of pyridine rings is 1. The Kier molecular flexibility index (Phi) is 8.00. The Bertz CT molecular complexity index is 416. The molecule has 130 valence electrons. The molecule has 0 aliphatic carbocycles. The summed E-state index contributed by atoms with van der Waals surface area (Å²) >= 11 is 0. The lowest BCUT2D eigenvalue weighted by molar-refractivity contribution is 0.102. The van der Waals surface area contributed by atoms with Crippen LogP contribution in [0.5, 0.6) is 0 Å². The van der Waals surface area contributed by atoms with Crippen LogP contribution in [0.4, 0.5) is 0 Å². The second-order valence-corrected chi connectivity index (χ2v) is 7.22. The summed E-state index contributed by atoms with van der Waals surface area (Å²) in [5.74, 6) is 1.54. The molecule has 0 spiro atoms. The van der Waals surface area contributed by atoms with Gasteiger partial charge in [-0.25, -0.2) is 0 Å². The molecule has 1 aromatic heterocycles. The Labute approximate surface area is 141 Å². The number of methoxy groups -OCH3 is 1. The number of piperidine rings is 1. The third-order valence-electron chi connectivity index (χ3n) is 4.61. The van der Waals surface area contributed by atoms with Gasteiger partial charge in [0.15, 0.2) is 0 Å². The minimum Gasteiger partial charge on any atom is -0.383 e. The SMILES string of the molecule is COCCN1CCC(CN(Cc2ccncc2)CC(C)C)CC1. The molecular weight excluding hydrogens is 286 g/mol. The van der Waals surface area contributed by atoms with E-state index >= 15 is 0 Å². The van der Waals surface area contributed by atoms with Gasteiger partial charge in [0.25, 0.3) is 0 Å². The highest BCUT2D eigenvalue weighted by molar-refractivity contribution is 5.09. The van der Waals surface area contributed by atoms with Crippen molar-refractivity contribution in [2.45, 2.75) is 33.2 Å². The molecule has 1 aliphatic heterocycles. The Hall–Kier alpha value is -0.970. The fraction of sp³-hybridized carbons (Fsp3) is 0.737. The number of hydrogen-bond acceptors (Lipinski definition) is 4. The number of likely N-dealkylation sites (tertiary alicyclic amines) is 1. The van der Waals surface area contributed by atoms with E-state index in [4.69, 9.17) is 4.74 Å². The number of ether oxygens (including phenoxy) is 1. The van der Waals surface area contributed by atoms with Crippen LogP contribution in [0.25, 0.3) is 0 Å². The summed E-state index contributed by atoms with van der Waals surface area (Å²) in [6.07, 6.45) is 6.43. The van der Waals surface area contributed by atoms with E-state index < -0.39 is 0 Å². The zero-order valence-electron chi connectivity index (χ0n) is 15.1. The van der Waals surface area contributed by atoms with Crippen LogP contribution < -0.4 is 0 Å². The van der Waals surface area contributed by atoms with Gasteiger partial charge >= 0.3 is 0 Å². The Morgan fingerprint density at radius 1 is 1.26 bits per heavy atom. The summed E-state index contributed by atoms with van der Waals surface area (Å²) in [7, 11) is 1.79. The van der Waals surface area contributed by atoms with Crippen molar-refractivity contribution >= 4 is 0 Å². The summed E-state index contributed by atoms with van der Waals surface area (Å²) in [6.45, 7) is 12.4. The van der Waals surface area contributed by atoms with Crippen LogP contribution >= 0.6 is 0 Å². The van der Waals surface area contributed by atoms with Gasteiger partial charge < -0.3 is 9.64 Å². The molecule has 0 saturated carbocycles. The molecule has 23 heavy (non-hydrogen) atoms. The van der Waals surface area contributed by atoms with Crippen LogP contribution in [0, 0.1) is 11.8 Å². The summed E-state index contributed by atoms with van der Waals surface area (Å²) < 4.78 is 5.19. The molecule has 1 aliphatic rings. The number of nitrogens with zero attached hydrogens (tertiary/aromatic N) is 3. The van der Waals surface area contributed by atoms with Crippen LogP contribution in [0.15, 0.2) is 24.5 Å². The van der Waals surface area contributed by atoms with E-state index in [0.717, 1.165) is 25.6 Å². The average molecular weight is 319 g/mol. The Morgan fingerprint density at radius 3 is 2.57 bits per heavy atom. The fourth-order valence-electron chi connectivity index (χ4n) is 3.44. The molecule has 1 saturated heterocycles. The number of aromatic nitrogens is 1. The average Bonchev–Trinajstić information content (AvgIpc) is 2.54. The summed E-state index contributed by atoms with van der Waals surface area (Å²) in [5.41, 5.74) is 1.37. The first kappa shape index (κ1) is 18.4. The van der Waals surface area contributed by atoms with Crippen molar-refractivity contribution in [3.05, 3.63) is 30.1 Å². The smallest absolute Gasteiger partial charge is 0.0589 e. The van der Waals surface area contributed by atoms with Gasteiger partial charge in [-0.1, -0.05) is 13.8 Å². The van der Waals surface area contributed by atoms with Crippen molar-refractivity contribution < 1.29 is 4.74 Å². The van der Waals surface area contributed by atoms with Crippen molar-refractivity contribution in [1.29, 1.82) is 0 Å². The van der Waals surface area contributed by atoms with Gasteiger partial charge in [0, 0.05) is 45.7 Å². The van der Waals surface area contributed by atoms with Crippen molar-refractivity contribution in [1.82, 2.24) is 14.8 Å². The first-order valence-corrected chi connectivity index (χ1v) is 9.00. The van der Waals surface area contributed by atoms with Crippen molar-refractivity contribution in [2.24, 2.45) is 11.8 Å². The maximum atomic E-state index is 5.19. The standard InChI is InChI=1S/C19H33N3O/c1-17(2)14-22(15-18-4-8-20-9-5-18)16-19-6-10-21(11-7-19)12-13-23-3/h4-5,8-9,17,19H,6-7,10-16H2,1-3H3. The predicted molar refractivity (Wildman–Crippen MR) is 95.4 cm³/mol. The molecule has 2 heterocycles. The maximum Gasteiger partial charge on any atom is 0.0589 e. The summed E-state index contributed by atoms with van der Waals surface area (Å²) in [6, 6.07) is 4.28. The molecule has 0 radical (unpaired) electrons. The third-order valence-corrected chi connectivity index (χ3v) is 4.61. The van der Waals surface area contributed by atoms with Gasteiger partial charge in [-0.2, -0.15) is 0 Å². The maximum absolute atomic E-state index is 5.19. The molecule has 0 bridgehead atoms. The monoisotopic (exact) mass is 319 g/mol. The molecule has 1 fully saturated rings. The van der Waals surface area contributed by atoms with E-state index in [1.807, 2.05) is 12.4 Å². The second-order valence-electron chi connectivity index (χ2n) is 7.22. The van der Waals surface area contributed by atoms with Gasteiger partial charge in [0.05, 0.1) is 6.61 Å². The van der Waals surface area contributed by atoms with Crippen LogP contribution in [0.1, 0.15) is 32.3 Å². The quantitative estimate of drug-likeness (QED) is 0.700. The van der Waals surface area contributed by atoms with Crippen molar-refractivity contribution in [3.63, 3.8) is 0 Å².